The molecule has 0 aromatic heterocycles. The third-order valence-corrected chi connectivity index (χ3v) is 4.98. The van der Waals surface area contributed by atoms with E-state index in [0.717, 1.165) is 4.47 Å². The van der Waals surface area contributed by atoms with Gasteiger partial charge in [-0.15, -0.1) is 0 Å². The molecule has 1 heteroatoms. The summed E-state index contributed by atoms with van der Waals surface area (Å²) in [6.45, 7) is 2.16. The number of rotatable bonds is 1. The zero-order chi connectivity index (χ0) is 14.4. The Labute approximate surface area is 133 Å². The van der Waals surface area contributed by atoms with Gasteiger partial charge in [-0.2, -0.15) is 0 Å². The van der Waals surface area contributed by atoms with Crippen LogP contribution in [0.4, 0.5) is 0 Å². The van der Waals surface area contributed by atoms with Crippen LogP contribution in [0.1, 0.15) is 28.2 Å². The summed E-state index contributed by atoms with van der Waals surface area (Å²) in [6, 6.07) is 19.8. The summed E-state index contributed by atoms with van der Waals surface area (Å²) in [5.41, 5.74) is 5.43. The fraction of sp³-hybridized carbons (Fsp3) is 0.100. The predicted molar refractivity (Wildman–Crippen MR) is 93.7 cm³/mol. The monoisotopic (exact) mass is 334 g/mol. The third-order valence-electron chi connectivity index (χ3n) is 4.29. The summed E-state index contributed by atoms with van der Waals surface area (Å²) >= 11 is 3.68. The number of allylic oxidation sites excluding steroid dienone is 1. The molecule has 0 spiro atoms. The van der Waals surface area contributed by atoms with E-state index in [-0.39, 0.29) is 0 Å². The Hall–Kier alpha value is -1.86. The maximum Gasteiger partial charge on any atom is 0.0284 e. The minimum absolute atomic E-state index is 0.360. The quantitative estimate of drug-likeness (QED) is 0.506. The molecule has 0 N–H and O–H groups in total. The summed E-state index contributed by atoms with van der Waals surface area (Å²) in [7, 11) is 0. The molecule has 0 heterocycles. The number of benzene rings is 3. The third kappa shape index (κ3) is 2.04. The highest BCUT2D eigenvalue weighted by molar-refractivity contribution is 9.10. The molecule has 0 fully saturated rings. The molecule has 0 saturated carbocycles. The van der Waals surface area contributed by atoms with Crippen molar-refractivity contribution in [1.29, 1.82) is 0 Å². The highest BCUT2D eigenvalue weighted by Crippen LogP contribution is 2.40. The maximum atomic E-state index is 3.68. The molecular weight excluding hydrogens is 320 g/mol. The fourth-order valence-electron chi connectivity index (χ4n) is 3.24. The Bertz CT molecular complexity index is 874. The lowest BCUT2D eigenvalue weighted by atomic mass is 9.89. The van der Waals surface area contributed by atoms with E-state index < -0.39 is 0 Å². The Morgan fingerprint density at radius 1 is 0.857 bits per heavy atom. The molecule has 0 saturated heterocycles. The summed E-state index contributed by atoms with van der Waals surface area (Å²) < 4.78 is 1.16. The first kappa shape index (κ1) is 12.8. The highest BCUT2D eigenvalue weighted by Gasteiger charge is 2.20. The van der Waals surface area contributed by atoms with Gasteiger partial charge in [0.2, 0.25) is 0 Å². The van der Waals surface area contributed by atoms with Crippen molar-refractivity contribution >= 4 is 32.8 Å². The van der Waals surface area contributed by atoms with Crippen LogP contribution in [0, 0.1) is 6.92 Å². The molecule has 1 aliphatic carbocycles. The van der Waals surface area contributed by atoms with Crippen molar-refractivity contribution in [3.63, 3.8) is 0 Å². The van der Waals surface area contributed by atoms with Crippen LogP contribution in [0.3, 0.4) is 0 Å². The van der Waals surface area contributed by atoms with Gasteiger partial charge in [-0.3, -0.25) is 0 Å². The molecule has 4 rings (SSSR count). The number of hydrogen-bond acceptors (Lipinski definition) is 0. The molecule has 21 heavy (non-hydrogen) atoms. The number of halogens is 1. The van der Waals surface area contributed by atoms with Crippen molar-refractivity contribution in [1.82, 2.24) is 0 Å². The van der Waals surface area contributed by atoms with Crippen molar-refractivity contribution in [3.8, 4) is 0 Å². The van der Waals surface area contributed by atoms with Gasteiger partial charge in [-0.1, -0.05) is 82.2 Å². The minimum atomic E-state index is 0.360. The van der Waals surface area contributed by atoms with Crippen LogP contribution in [0.15, 0.2) is 65.1 Å². The second kappa shape index (κ2) is 4.85. The second-order valence-corrected chi connectivity index (χ2v) is 6.51. The largest absolute Gasteiger partial charge is 0.0720 e. The van der Waals surface area contributed by atoms with E-state index in [2.05, 4.69) is 89.6 Å². The second-order valence-electron chi connectivity index (χ2n) is 5.65. The summed E-state index contributed by atoms with van der Waals surface area (Å²) in [4.78, 5) is 0. The van der Waals surface area contributed by atoms with E-state index >= 15 is 0 Å². The Morgan fingerprint density at radius 3 is 2.62 bits per heavy atom. The van der Waals surface area contributed by atoms with Gasteiger partial charge in [0.25, 0.3) is 0 Å². The van der Waals surface area contributed by atoms with Crippen molar-refractivity contribution in [2.24, 2.45) is 0 Å². The summed E-state index contributed by atoms with van der Waals surface area (Å²) in [5, 5.41) is 2.63. The first-order valence-electron chi connectivity index (χ1n) is 7.20. The van der Waals surface area contributed by atoms with E-state index in [1.807, 2.05) is 0 Å². The van der Waals surface area contributed by atoms with Crippen LogP contribution in [0.5, 0.6) is 0 Å². The molecule has 0 radical (unpaired) electrons. The van der Waals surface area contributed by atoms with E-state index in [1.54, 1.807) is 0 Å². The summed E-state index contributed by atoms with van der Waals surface area (Å²) in [5.74, 6) is 0.360. The average Bonchev–Trinajstić information content (AvgIpc) is 2.91. The van der Waals surface area contributed by atoms with Crippen LogP contribution < -0.4 is 0 Å². The van der Waals surface area contributed by atoms with Crippen LogP contribution >= 0.6 is 15.9 Å². The predicted octanol–water partition coefficient (Wildman–Crippen LogP) is 6.07. The lowest BCUT2D eigenvalue weighted by Gasteiger charge is -2.16. The molecule has 0 nitrogen and oxygen atoms in total. The molecule has 0 aliphatic heterocycles. The maximum absolute atomic E-state index is 3.68. The smallest absolute Gasteiger partial charge is 0.0284 e. The van der Waals surface area contributed by atoms with E-state index in [0.29, 0.717) is 5.92 Å². The van der Waals surface area contributed by atoms with Gasteiger partial charge >= 0.3 is 0 Å². The van der Waals surface area contributed by atoms with Gasteiger partial charge < -0.3 is 0 Å². The summed E-state index contributed by atoms with van der Waals surface area (Å²) in [6.07, 6.45) is 4.55. The van der Waals surface area contributed by atoms with Crippen molar-refractivity contribution in [2.75, 3.05) is 0 Å². The number of fused-ring (bicyclic) bond motifs is 2. The van der Waals surface area contributed by atoms with Gasteiger partial charge in [-0.05, 0) is 40.5 Å². The minimum Gasteiger partial charge on any atom is -0.0720 e. The zero-order valence-corrected chi connectivity index (χ0v) is 13.4. The van der Waals surface area contributed by atoms with E-state index in [9.17, 15) is 0 Å². The number of aryl methyl sites for hydroxylation is 1. The van der Waals surface area contributed by atoms with Crippen molar-refractivity contribution in [3.05, 3.63) is 87.4 Å². The topological polar surface area (TPSA) is 0 Å². The lowest BCUT2D eigenvalue weighted by Crippen LogP contribution is -1.97. The molecule has 1 unspecified atom stereocenters. The molecule has 1 atom stereocenters. The van der Waals surface area contributed by atoms with Crippen molar-refractivity contribution < 1.29 is 0 Å². The average molecular weight is 335 g/mol. The van der Waals surface area contributed by atoms with Crippen LogP contribution in [0.2, 0.25) is 0 Å². The molecule has 3 aromatic carbocycles. The molecule has 102 valence electrons. The zero-order valence-electron chi connectivity index (χ0n) is 11.8. The van der Waals surface area contributed by atoms with Crippen LogP contribution in [-0.2, 0) is 0 Å². The van der Waals surface area contributed by atoms with Gasteiger partial charge in [0.15, 0.2) is 0 Å². The standard InChI is InChI=1S/C20H15Br/c1-13-6-8-18-19(12-13)17(10-11-20(18)21)16-9-7-14-4-2-3-5-15(14)16/h2-12,16H,1H3. The fourth-order valence-corrected chi connectivity index (χ4v) is 3.72. The highest BCUT2D eigenvalue weighted by atomic mass is 79.9. The molecule has 1 aliphatic rings. The van der Waals surface area contributed by atoms with E-state index in [4.69, 9.17) is 0 Å². The Balaban J connectivity index is 1.99. The van der Waals surface area contributed by atoms with Gasteiger partial charge in [0, 0.05) is 10.4 Å². The molecule has 3 aromatic rings. The molecule has 0 amide bonds. The SMILES string of the molecule is Cc1ccc2c(Br)ccc(C3C=Cc4ccccc43)c2c1. The van der Waals surface area contributed by atoms with Gasteiger partial charge in [0.05, 0.1) is 0 Å². The van der Waals surface area contributed by atoms with Gasteiger partial charge in [-0.25, -0.2) is 0 Å². The molecular formula is C20H15Br. The van der Waals surface area contributed by atoms with Crippen LogP contribution in [-0.4, -0.2) is 0 Å². The molecule has 0 bridgehead atoms. The normalized spacial score (nSPS) is 16.4. The van der Waals surface area contributed by atoms with Gasteiger partial charge in [0.1, 0.15) is 0 Å². The van der Waals surface area contributed by atoms with Crippen LogP contribution in [0.25, 0.3) is 16.8 Å². The lowest BCUT2D eigenvalue weighted by molar-refractivity contribution is 1.06. The Morgan fingerprint density at radius 2 is 1.71 bits per heavy atom. The van der Waals surface area contributed by atoms with E-state index in [1.165, 1.54) is 33.0 Å². The van der Waals surface area contributed by atoms with Crippen molar-refractivity contribution in [2.45, 2.75) is 12.8 Å². The first-order valence-corrected chi connectivity index (χ1v) is 7.99. The Kier molecular flexibility index (Phi) is 2.97. The first-order chi connectivity index (χ1) is 10.2. The number of hydrogen-bond donors (Lipinski definition) is 0.